The molecule has 4 nitrogen and oxygen atoms in total. The molecule has 3 aromatic rings. The highest BCUT2D eigenvalue weighted by atomic mass is 35.5. The molecular weight excluding hydrogens is 296 g/mol. The molecule has 0 atom stereocenters. The maximum atomic E-state index is 6.08. The Bertz CT molecular complexity index is 773. The molecule has 0 saturated carbocycles. The Balaban J connectivity index is 2.13. The van der Waals surface area contributed by atoms with Crippen LogP contribution in [-0.4, -0.2) is 24.2 Å². The van der Waals surface area contributed by atoms with Crippen molar-refractivity contribution >= 4 is 33.2 Å². The predicted octanol–water partition coefficient (Wildman–Crippen LogP) is 4.03. The molecule has 0 aliphatic rings. The summed E-state index contributed by atoms with van der Waals surface area (Å²) in [6, 6.07) is 7.79. The Labute approximate surface area is 125 Å². The van der Waals surface area contributed by atoms with Crippen LogP contribution in [0.2, 0.25) is 5.15 Å². The molecule has 0 amide bonds. The molecule has 0 saturated heterocycles. The van der Waals surface area contributed by atoms with Gasteiger partial charge < -0.3 is 9.47 Å². The maximum absolute atomic E-state index is 6.08. The summed E-state index contributed by atoms with van der Waals surface area (Å²) in [7, 11) is 3.24. The van der Waals surface area contributed by atoms with Crippen molar-refractivity contribution in [1.82, 2.24) is 9.97 Å². The van der Waals surface area contributed by atoms with Crippen LogP contribution in [0.5, 0.6) is 11.5 Å². The number of benzene rings is 1. The van der Waals surface area contributed by atoms with Gasteiger partial charge in [-0.25, -0.2) is 9.97 Å². The van der Waals surface area contributed by atoms with Gasteiger partial charge in [0.1, 0.15) is 11.5 Å². The van der Waals surface area contributed by atoms with Crippen LogP contribution in [0.3, 0.4) is 0 Å². The zero-order valence-corrected chi connectivity index (χ0v) is 12.5. The van der Waals surface area contributed by atoms with E-state index in [-0.39, 0.29) is 0 Å². The molecule has 0 aliphatic carbocycles. The first kappa shape index (κ1) is 13.1. The van der Waals surface area contributed by atoms with Gasteiger partial charge in [0.2, 0.25) is 0 Å². The standard InChI is InChI=1S/C14H11ClN2O2S/c1-18-10-4-3-8(5-11(10)19-2)12-6-9-13(20-12)14(15)17-7-16-9/h3-7H,1-2H3. The minimum absolute atomic E-state index is 0.478. The van der Waals surface area contributed by atoms with Gasteiger partial charge in [0.15, 0.2) is 11.5 Å². The number of aromatic nitrogens is 2. The first-order valence-corrected chi connectivity index (χ1v) is 7.05. The highest BCUT2D eigenvalue weighted by Gasteiger charge is 2.11. The molecule has 0 unspecified atom stereocenters. The molecule has 3 rings (SSSR count). The lowest BCUT2D eigenvalue weighted by atomic mass is 10.1. The highest BCUT2D eigenvalue weighted by molar-refractivity contribution is 7.22. The molecule has 6 heteroatoms. The van der Waals surface area contributed by atoms with Gasteiger partial charge in [-0.05, 0) is 29.8 Å². The number of halogens is 1. The van der Waals surface area contributed by atoms with Crippen molar-refractivity contribution in [3.8, 4) is 21.9 Å². The van der Waals surface area contributed by atoms with Crippen LogP contribution in [-0.2, 0) is 0 Å². The average molecular weight is 307 g/mol. The second-order valence-electron chi connectivity index (χ2n) is 4.06. The van der Waals surface area contributed by atoms with Crippen LogP contribution in [0.15, 0.2) is 30.6 Å². The molecule has 0 spiro atoms. The third kappa shape index (κ3) is 2.19. The summed E-state index contributed by atoms with van der Waals surface area (Å²) in [4.78, 5) is 9.28. The van der Waals surface area contributed by atoms with E-state index >= 15 is 0 Å². The van der Waals surface area contributed by atoms with Gasteiger partial charge in [0.25, 0.3) is 0 Å². The SMILES string of the molecule is COc1ccc(-c2cc3ncnc(Cl)c3s2)cc1OC. The van der Waals surface area contributed by atoms with Crippen LogP contribution in [0, 0.1) is 0 Å². The van der Waals surface area contributed by atoms with E-state index < -0.39 is 0 Å². The van der Waals surface area contributed by atoms with Gasteiger partial charge >= 0.3 is 0 Å². The Kier molecular flexibility index (Phi) is 3.46. The lowest BCUT2D eigenvalue weighted by Gasteiger charge is -2.08. The molecule has 0 aliphatic heterocycles. The summed E-state index contributed by atoms with van der Waals surface area (Å²) in [5.41, 5.74) is 1.88. The van der Waals surface area contributed by atoms with Crippen molar-refractivity contribution in [3.05, 3.63) is 35.7 Å². The summed E-state index contributed by atoms with van der Waals surface area (Å²) < 4.78 is 11.4. The normalized spacial score (nSPS) is 10.8. The van der Waals surface area contributed by atoms with Gasteiger partial charge in [0.05, 0.1) is 24.4 Å². The summed E-state index contributed by atoms with van der Waals surface area (Å²) in [6.07, 6.45) is 1.47. The summed E-state index contributed by atoms with van der Waals surface area (Å²) in [5.74, 6) is 1.40. The lowest BCUT2D eigenvalue weighted by molar-refractivity contribution is 0.355. The fraction of sp³-hybridized carbons (Fsp3) is 0.143. The topological polar surface area (TPSA) is 44.2 Å². The molecule has 1 aromatic carbocycles. The number of hydrogen-bond donors (Lipinski definition) is 0. The van der Waals surface area contributed by atoms with E-state index in [1.165, 1.54) is 6.33 Å². The smallest absolute Gasteiger partial charge is 0.161 e. The second-order valence-corrected chi connectivity index (χ2v) is 5.47. The summed E-state index contributed by atoms with van der Waals surface area (Å²) in [6.45, 7) is 0. The molecule has 2 heterocycles. The van der Waals surface area contributed by atoms with E-state index in [4.69, 9.17) is 21.1 Å². The van der Waals surface area contributed by atoms with E-state index in [9.17, 15) is 0 Å². The number of ether oxygens (including phenoxy) is 2. The van der Waals surface area contributed by atoms with E-state index in [0.29, 0.717) is 16.7 Å². The molecule has 0 bridgehead atoms. The van der Waals surface area contributed by atoms with Gasteiger partial charge in [-0.15, -0.1) is 11.3 Å². The van der Waals surface area contributed by atoms with Crippen LogP contribution in [0.1, 0.15) is 0 Å². The molecule has 0 fully saturated rings. The fourth-order valence-corrected chi connectivity index (χ4v) is 3.20. The quantitative estimate of drug-likeness (QED) is 0.685. The van der Waals surface area contributed by atoms with Gasteiger partial charge in [-0.1, -0.05) is 11.6 Å². The molecular formula is C14H11ClN2O2S. The van der Waals surface area contributed by atoms with Crippen molar-refractivity contribution in [1.29, 1.82) is 0 Å². The summed E-state index contributed by atoms with van der Waals surface area (Å²) >= 11 is 7.63. The van der Waals surface area contributed by atoms with Crippen LogP contribution < -0.4 is 9.47 Å². The second kappa shape index (κ2) is 5.26. The van der Waals surface area contributed by atoms with E-state index in [0.717, 1.165) is 20.7 Å². The van der Waals surface area contributed by atoms with E-state index in [2.05, 4.69) is 9.97 Å². The average Bonchev–Trinajstić information content (AvgIpc) is 2.92. The zero-order valence-electron chi connectivity index (χ0n) is 10.9. The van der Waals surface area contributed by atoms with Crippen LogP contribution in [0.4, 0.5) is 0 Å². The minimum atomic E-state index is 0.478. The van der Waals surface area contributed by atoms with E-state index in [1.807, 2.05) is 24.3 Å². The first-order valence-electron chi connectivity index (χ1n) is 5.85. The number of rotatable bonds is 3. The minimum Gasteiger partial charge on any atom is -0.493 e. The van der Waals surface area contributed by atoms with Gasteiger partial charge in [0, 0.05) is 4.88 Å². The fourth-order valence-electron chi connectivity index (χ4n) is 1.96. The van der Waals surface area contributed by atoms with Crippen molar-refractivity contribution in [3.63, 3.8) is 0 Å². The maximum Gasteiger partial charge on any atom is 0.161 e. The molecule has 0 N–H and O–H groups in total. The van der Waals surface area contributed by atoms with Crippen molar-refractivity contribution < 1.29 is 9.47 Å². The van der Waals surface area contributed by atoms with Gasteiger partial charge in [-0.2, -0.15) is 0 Å². The Morgan fingerprint density at radius 2 is 1.85 bits per heavy atom. The third-order valence-corrected chi connectivity index (χ3v) is 4.51. The van der Waals surface area contributed by atoms with Crippen molar-refractivity contribution in [2.24, 2.45) is 0 Å². The van der Waals surface area contributed by atoms with Crippen molar-refractivity contribution in [2.75, 3.05) is 14.2 Å². The molecule has 2 aromatic heterocycles. The Hall–Kier alpha value is -1.85. The number of fused-ring (bicyclic) bond motifs is 1. The van der Waals surface area contributed by atoms with Crippen molar-refractivity contribution in [2.45, 2.75) is 0 Å². The Morgan fingerprint density at radius 3 is 2.55 bits per heavy atom. The lowest BCUT2D eigenvalue weighted by Crippen LogP contribution is -1.90. The predicted molar refractivity (Wildman–Crippen MR) is 81.0 cm³/mol. The van der Waals surface area contributed by atoms with E-state index in [1.54, 1.807) is 25.6 Å². The zero-order chi connectivity index (χ0) is 14.1. The van der Waals surface area contributed by atoms with Gasteiger partial charge in [-0.3, -0.25) is 0 Å². The largest absolute Gasteiger partial charge is 0.493 e. The molecule has 0 radical (unpaired) electrons. The number of methoxy groups -OCH3 is 2. The summed E-state index contributed by atoms with van der Waals surface area (Å²) in [5, 5.41) is 0.478. The first-order chi connectivity index (χ1) is 9.72. The van der Waals surface area contributed by atoms with Crippen LogP contribution >= 0.6 is 22.9 Å². The third-order valence-electron chi connectivity index (χ3n) is 2.94. The monoisotopic (exact) mass is 306 g/mol. The number of hydrogen-bond acceptors (Lipinski definition) is 5. The Morgan fingerprint density at radius 1 is 1.05 bits per heavy atom. The highest BCUT2D eigenvalue weighted by Crippen LogP contribution is 2.38. The molecule has 102 valence electrons. The van der Waals surface area contributed by atoms with Crippen LogP contribution in [0.25, 0.3) is 20.7 Å². The number of nitrogens with zero attached hydrogens (tertiary/aromatic N) is 2. The molecule has 20 heavy (non-hydrogen) atoms. The number of thiophene rings is 1.